The maximum absolute atomic E-state index is 13.1. The number of benzene rings is 2. The monoisotopic (exact) mass is 405 g/mol. The average molecular weight is 406 g/mol. The van der Waals surface area contributed by atoms with Crippen LogP contribution in [0.25, 0.3) is 11.3 Å². The number of anilines is 1. The molecule has 1 amide bonds. The van der Waals surface area contributed by atoms with E-state index >= 15 is 0 Å². The highest BCUT2D eigenvalue weighted by Crippen LogP contribution is 2.37. The van der Waals surface area contributed by atoms with Gasteiger partial charge in [0.1, 0.15) is 0 Å². The Morgan fingerprint density at radius 3 is 2.72 bits per heavy atom. The minimum atomic E-state index is -0.552. The summed E-state index contributed by atoms with van der Waals surface area (Å²) in [5.74, 6) is 0.496. The second-order valence-electron chi connectivity index (χ2n) is 6.79. The quantitative estimate of drug-likeness (QED) is 0.411. The zero-order valence-corrected chi connectivity index (χ0v) is 17.1. The molecular formula is C22H21N4O2S+. The summed E-state index contributed by atoms with van der Waals surface area (Å²) in [5.41, 5.74) is 3.52. The van der Waals surface area contributed by atoms with Crippen molar-refractivity contribution in [3.8, 4) is 11.3 Å². The topological polar surface area (TPSA) is 69.9 Å². The van der Waals surface area contributed by atoms with Crippen LogP contribution in [0.1, 0.15) is 24.2 Å². The molecule has 1 aliphatic heterocycles. The third-order valence-electron chi connectivity index (χ3n) is 4.90. The molecule has 4 rings (SSSR count). The first-order chi connectivity index (χ1) is 14.0. The summed E-state index contributed by atoms with van der Waals surface area (Å²) in [6.45, 7) is 7.26. The second kappa shape index (κ2) is 7.67. The summed E-state index contributed by atoms with van der Waals surface area (Å²) < 4.78 is 1.68. The van der Waals surface area contributed by atoms with Crippen LogP contribution in [0.4, 0.5) is 5.69 Å². The van der Waals surface area contributed by atoms with Crippen LogP contribution in [0.5, 0.6) is 0 Å². The van der Waals surface area contributed by atoms with Gasteiger partial charge in [0.05, 0.1) is 11.3 Å². The van der Waals surface area contributed by atoms with Crippen molar-refractivity contribution < 1.29 is 9.48 Å². The van der Waals surface area contributed by atoms with Crippen LogP contribution in [0, 0.1) is 6.92 Å². The van der Waals surface area contributed by atoms with Gasteiger partial charge in [-0.2, -0.15) is 0 Å². The lowest BCUT2D eigenvalue weighted by atomic mass is 9.99. The SMILES string of the molecule is C=CCSc1n[n+]2c(c(=O)[nH]1)-c1ccccc1N(C(C)=O)C2c1ccccc1C. The van der Waals surface area contributed by atoms with Crippen LogP contribution in [0.3, 0.4) is 0 Å². The molecule has 0 saturated carbocycles. The lowest BCUT2D eigenvalue weighted by molar-refractivity contribution is -0.763. The van der Waals surface area contributed by atoms with Gasteiger partial charge in [-0.1, -0.05) is 48.2 Å². The Labute approximate surface area is 172 Å². The molecule has 0 radical (unpaired) electrons. The zero-order chi connectivity index (χ0) is 20.5. The average Bonchev–Trinajstić information content (AvgIpc) is 2.71. The normalized spacial score (nSPS) is 14.8. The maximum atomic E-state index is 13.1. The molecule has 7 heteroatoms. The molecule has 0 spiro atoms. The summed E-state index contributed by atoms with van der Waals surface area (Å²) in [7, 11) is 0. The van der Waals surface area contributed by atoms with Crippen LogP contribution >= 0.6 is 11.8 Å². The first-order valence-corrected chi connectivity index (χ1v) is 10.3. The van der Waals surface area contributed by atoms with Crippen molar-refractivity contribution in [1.82, 2.24) is 10.1 Å². The fraction of sp³-hybridized carbons (Fsp3) is 0.182. The van der Waals surface area contributed by atoms with Crippen molar-refractivity contribution in [2.75, 3.05) is 10.7 Å². The number of aromatic nitrogens is 3. The molecule has 146 valence electrons. The number of fused-ring (bicyclic) bond motifs is 3. The first kappa shape index (κ1) is 19.1. The lowest BCUT2D eigenvalue weighted by Crippen LogP contribution is -2.60. The third-order valence-corrected chi connectivity index (χ3v) is 5.76. The number of aromatic amines is 1. The number of amides is 1. The Kier molecular flexibility index (Phi) is 5.07. The molecule has 1 N–H and O–H groups in total. The Bertz CT molecular complexity index is 1170. The molecule has 1 atom stereocenters. The van der Waals surface area contributed by atoms with Crippen LogP contribution in [-0.4, -0.2) is 21.7 Å². The Morgan fingerprint density at radius 2 is 2.00 bits per heavy atom. The number of carbonyl (C=O) groups is 1. The fourth-order valence-electron chi connectivity index (χ4n) is 3.67. The highest BCUT2D eigenvalue weighted by molar-refractivity contribution is 7.99. The molecule has 2 heterocycles. The van der Waals surface area contributed by atoms with E-state index in [0.29, 0.717) is 27.9 Å². The van der Waals surface area contributed by atoms with Crippen LogP contribution in [0.15, 0.2) is 71.1 Å². The second-order valence-corrected chi connectivity index (χ2v) is 7.80. The van der Waals surface area contributed by atoms with Crippen molar-refractivity contribution in [2.24, 2.45) is 0 Å². The molecule has 2 aromatic carbocycles. The minimum absolute atomic E-state index is 0.119. The smallest absolute Gasteiger partial charge is 0.291 e. The Hall–Kier alpha value is -3.19. The van der Waals surface area contributed by atoms with Gasteiger partial charge in [-0.3, -0.25) is 14.6 Å². The minimum Gasteiger partial charge on any atom is -0.291 e. The molecule has 1 aliphatic rings. The van der Waals surface area contributed by atoms with Gasteiger partial charge in [-0.25, -0.2) is 4.90 Å². The van der Waals surface area contributed by atoms with Crippen molar-refractivity contribution in [3.05, 3.63) is 82.7 Å². The number of para-hydroxylation sites is 1. The number of nitrogens with zero attached hydrogens (tertiary/aromatic N) is 3. The molecular weight excluding hydrogens is 384 g/mol. The first-order valence-electron chi connectivity index (χ1n) is 9.27. The predicted octanol–water partition coefficient (Wildman–Crippen LogP) is 3.22. The van der Waals surface area contributed by atoms with Crippen molar-refractivity contribution >= 4 is 23.4 Å². The van der Waals surface area contributed by atoms with E-state index in [0.717, 1.165) is 11.1 Å². The zero-order valence-electron chi connectivity index (χ0n) is 16.3. The number of rotatable bonds is 4. The molecule has 29 heavy (non-hydrogen) atoms. The summed E-state index contributed by atoms with van der Waals surface area (Å²) in [6.07, 6.45) is 1.20. The van der Waals surface area contributed by atoms with Gasteiger partial charge in [-0.15, -0.1) is 6.58 Å². The molecule has 1 aromatic heterocycles. The lowest BCUT2D eigenvalue weighted by Gasteiger charge is -2.31. The number of hydrogen-bond donors (Lipinski definition) is 1. The van der Waals surface area contributed by atoms with Gasteiger partial charge in [0.25, 0.3) is 6.17 Å². The summed E-state index contributed by atoms with van der Waals surface area (Å²) in [5, 5.41) is 5.21. The van der Waals surface area contributed by atoms with E-state index in [1.165, 1.54) is 18.7 Å². The number of aryl methyl sites for hydroxylation is 1. The fourth-order valence-corrected chi connectivity index (χ4v) is 4.26. The van der Waals surface area contributed by atoms with E-state index in [4.69, 9.17) is 5.10 Å². The van der Waals surface area contributed by atoms with E-state index in [1.807, 2.05) is 55.5 Å². The van der Waals surface area contributed by atoms with Gasteiger partial charge in [0.15, 0.2) is 0 Å². The van der Waals surface area contributed by atoms with Gasteiger partial charge < -0.3 is 0 Å². The Balaban J connectivity index is 2.06. The number of nitrogens with one attached hydrogen (secondary N) is 1. The number of hydrogen-bond acceptors (Lipinski definition) is 4. The highest BCUT2D eigenvalue weighted by atomic mass is 32.2. The standard InChI is InChI=1S/C22H20N4O2S/c1-4-13-29-22-23-20(28)19-17-11-7-8-12-18(17)25(15(3)27)21(26(19)24-22)16-10-6-5-9-14(16)2/h4-12,21H,1,13H2,2-3H3/p+1. The molecule has 3 aromatic rings. The molecule has 0 fully saturated rings. The maximum Gasteiger partial charge on any atom is 0.325 e. The van der Waals surface area contributed by atoms with E-state index in [1.54, 1.807) is 15.7 Å². The van der Waals surface area contributed by atoms with Gasteiger partial charge >= 0.3 is 11.3 Å². The number of H-pyrrole nitrogens is 1. The van der Waals surface area contributed by atoms with Gasteiger partial charge in [0, 0.05) is 23.3 Å². The molecule has 0 bridgehead atoms. The van der Waals surface area contributed by atoms with Gasteiger partial charge in [-0.05, 0) is 35.4 Å². The van der Waals surface area contributed by atoms with Crippen LogP contribution in [0.2, 0.25) is 0 Å². The van der Waals surface area contributed by atoms with E-state index < -0.39 is 6.17 Å². The van der Waals surface area contributed by atoms with Crippen molar-refractivity contribution in [1.29, 1.82) is 0 Å². The third kappa shape index (κ3) is 3.27. The summed E-state index contributed by atoms with van der Waals surface area (Å²) in [4.78, 5) is 30.5. The molecule has 0 saturated heterocycles. The van der Waals surface area contributed by atoms with E-state index in [2.05, 4.69) is 11.6 Å². The van der Waals surface area contributed by atoms with Crippen molar-refractivity contribution in [2.45, 2.75) is 25.2 Å². The molecule has 0 aliphatic carbocycles. The predicted molar refractivity (Wildman–Crippen MR) is 114 cm³/mol. The molecule has 6 nitrogen and oxygen atoms in total. The largest absolute Gasteiger partial charge is 0.325 e. The number of thioether (sulfide) groups is 1. The van der Waals surface area contributed by atoms with E-state index in [-0.39, 0.29) is 11.5 Å². The Morgan fingerprint density at radius 1 is 1.28 bits per heavy atom. The highest BCUT2D eigenvalue weighted by Gasteiger charge is 2.45. The van der Waals surface area contributed by atoms with Crippen molar-refractivity contribution in [3.63, 3.8) is 0 Å². The summed E-state index contributed by atoms with van der Waals surface area (Å²) >= 11 is 1.39. The summed E-state index contributed by atoms with van der Waals surface area (Å²) in [6, 6.07) is 15.3. The van der Waals surface area contributed by atoms with E-state index in [9.17, 15) is 9.59 Å². The molecule has 1 unspecified atom stereocenters. The van der Waals surface area contributed by atoms with Gasteiger partial charge in [0.2, 0.25) is 11.1 Å². The number of carbonyl (C=O) groups excluding carboxylic acids is 1. The van der Waals surface area contributed by atoms with Crippen LogP contribution in [-0.2, 0) is 4.79 Å². The van der Waals surface area contributed by atoms with Crippen LogP contribution < -0.4 is 15.1 Å².